The zero-order valence-corrected chi connectivity index (χ0v) is 17.3. The summed E-state index contributed by atoms with van der Waals surface area (Å²) >= 11 is 1.54. The van der Waals surface area contributed by atoms with Gasteiger partial charge in [-0.3, -0.25) is 4.79 Å². The van der Waals surface area contributed by atoms with Crippen molar-refractivity contribution in [1.29, 1.82) is 0 Å². The minimum absolute atomic E-state index is 0.235. The number of para-hydroxylation sites is 1. The Morgan fingerprint density at radius 3 is 2.87 bits per heavy atom. The van der Waals surface area contributed by atoms with Crippen molar-refractivity contribution in [3.05, 3.63) is 71.6 Å². The van der Waals surface area contributed by atoms with E-state index in [-0.39, 0.29) is 5.91 Å². The van der Waals surface area contributed by atoms with Gasteiger partial charge < -0.3 is 14.6 Å². The molecule has 0 bridgehead atoms. The average Bonchev–Trinajstić information content (AvgIpc) is 3.47. The first-order valence-electron chi connectivity index (χ1n) is 9.76. The van der Waals surface area contributed by atoms with Crippen LogP contribution in [0.3, 0.4) is 0 Å². The molecule has 2 heterocycles. The van der Waals surface area contributed by atoms with E-state index in [1.54, 1.807) is 12.1 Å². The molecule has 0 spiro atoms. The smallest absolute Gasteiger partial charge is 0.260 e. The Labute approximate surface area is 178 Å². The number of carbonyl (C=O) groups excluding carboxylic acids is 1. The number of carbonyl (C=O) groups is 1. The van der Waals surface area contributed by atoms with Gasteiger partial charge in [-0.25, -0.2) is 0 Å². The Morgan fingerprint density at radius 1 is 1.13 bits per heavy atom. The van der Waals surface area contributed by atoms with Crippen LogP contribution in [0.25, 0.3) is 22.2 Å². The van der Waals surface area contributed by atoms with Crippen LogP contribution in [0, 0.1) is 0 Å². The van der Waals surface area contributed by atoms with Crippen molar-refractivity contribution in [3.8, 4) is 27.9 Å². The number of ether oxygens (including phenoxy) is 1. The van der Waals surface area contributed by atoms with Crippen molar-refractivity contribution in [2.45, 2.75) is 19.8 Å². The van der Waals surface area contributed by atoms with E-state index in [0.717, 1.165) is 17.7 Å². The highest BCUT2D eigenvalue weighted by Crippen LogP contribution is 2.30. The number of nitrogens with one attached hydrogen (secondary N) is 1. The van der Waals surface area contributed by atoms with Crippen LogP contribution in [-0.4, -0.2) is 22.7 Å². The molecule has 0 aliphatic heterocycles. The van der Waals surface area contributed by atoms with Gasteiger partial charge in [-0.15, -0.1) is 11.3 Å². The summed E-state index contributed by atoms with van der Waals surface area (Å²) in [6, 6.07) is 18.4. The van der Waals surface area contributed by atoms with Crippen molar-refractivity contribution in [2.24, 2.45) is 0 Å². The van der Waals surface area contributed by atoms with Crippen molar-refractivity contribution in [2.75, 3.05) is 11.9 Å². The summed E-state index contributed by atoms with van der Waals surface area (Å²) in [5.74, 6) is 1.33. The summed E-state index contributed by atoms with van der Waals surface area (Å²) in [5, 5.41) is 8.96. The first-order valence-corrected chi connectivity index (χ1v) is 10.6. The third-order valence-electron chi connectivity index (χ3n) is 4.44. The topological polar surface area (TPSA) is 77.2 Å². The lowest BCUT2D eigenvalue weighted by atomic mass is 10.1. The third-order valence-corrected chi connectivity index (χ3v) is 5.30. The van der Waals surface area contributed by atoms with Gasteiger partial charge in [0.15, 0.2) is 0 Å². The van der Waals surface area contributed by atoms with Gasteiger partial charge in [0.25, 0.3) is 11.8 Å². The van der Waals surface area contributed by atoms with Crippen molar-refractivity contribution in [3.63, 3.8) is 0 Å². The Balaban J connectivity index is 1.53. The van der Waals surface area contributed by atoms with Crippen molar-refractivity contribution in [1.82, 2.24) is 10.1 Å². The fraction of sp³-hybridized carbons (Fsp3) is 0.174. The molecule has 0 atom stereocenters. The van der Waals surface area contributed by atoms with E-state index in [2.05, 4.69) is 22.4 Å². The van der Waals surface area contributed by atoms with Gasteiger partial charge in [0.1, 0.15) is 5.75 Å². The first kappa shape index (κ1) is 19.8. The van der Waals surface area contributed by atoms with Gasteiger partial charge in [0, 0.05) is 5.56 Å². The molecule has 0 fully saturated rings. The van der Waals surface area contributed by atoms with E-state index in [4.69, 9.17) is 9.26 Å². The quantitative estimate of drug-likeness (QED) is 0.360. The molecule has 0 aliphatic rings. The second kappa shape index (κ2) is 9.37. The van der Waals surface area contributed by atoms with Gasteiger partial charge in [-0.1, -0.05) is 42.8 Å². The monoisotopic (exact) mass is 419 g/mol. The lowest BCUT2D eigenvalue weighted by Gasteiger charge is -2.10. The zero-order chi connectivity index (χ0) is 20.8. The standard InChI is InChI=1S/C23H21N3O3S/c1-2-3-13-28-17-9-6-8-16(15-17)22(27)24-19-11-5-4-10-18(19)23-25-21(26-29-23)20-12-7-14-30-20/h4-12,14-15H,2-3,13H2,1H3,(H,24,27). The number of thiophene rings is 1. The molecule has 4 aromatic rings. The normalized spacial score (nSPS) is 10.7. The molecular formula is C23H21N3O3S. The molecule has 7 heteroatoms. The number of hydrogen-bond acceptors (Lipinski definition) is 6. The van der Waals surface area contributed by atoms with Gasteiger partial charge in [0.2, 0.25) is 5.82 Å². The Kier molecular flexibility index (Phi) is 6.20. The summed E-state index contributed by atoms with van der Waals surface area (Å²) in [6.45, 7) is 2.74. The van der Waals surface area contributed by atoms with Gasteiger partial charge in [0.05, 0.1) is 22.7 Å². The van der Waals surface area contributed by atoms with Crippen LogP contribution in [0.5, 0.6) is 5.75 Å². The van der Waals surface area contributed by atoms with Crippen molar-refractivity contribution < 1.29 is 14.1 Å². The summed E-state index contributed by atoms with van der Waals surface area (Å²) in [4.78, 5) is 18.2. The maximum Gasteiger partial charge on any atom is 0.260 e. The van der Waals surface area contributed by atoms with E-state index in [1.165, 1.54) is 11.3 Å². The fourth-order valence-corrected chi connectivity index (χ4v) is 3.52. The minimum atomic E-state index is -0.235. The second-order valence-corrected chi connectivity index (χ2v) is 7.58. The lowest BCUT2D eigenvalue weighted by molar-refractivity contribution is 0.102. The Morgan fingerprint density at radius 2 is 2.03 bits per heavy atom. The molecule has 0 radical (unpaired) electrons. The summed E-state index contributed by atoms with van der Waals surface area (Å²) in [5.41, 5.74) is 1.78. The van der Waals surface area contributed by atoms with Crippen LogP contribution >= 0.6 is 11.3 Å². The summed E-state index contributed by atoms with van der Waals surface area (Å²) in [6.07, 6.45) is 2.03. The van der Waals surface area contributed by atoms with Crippen LogP contribution in [-0.2, 0) is 0 Å². The number of amides is 1. The number of aromatic nitrogens is 2. The molecule has 1 N–H and O–H groups in total. The maximum atomic E-state index is 12.8. The first-order chi connectivity index (χ1) is 14.7. The number of nitrogens with zero attached hydrogens (tertiary/aromatic N) is 2. The SMILES string of the molecule is CCCCOc1cccc(C(=O)Nc2ccccc2-c2nc(-c3cccs3)no2)c1. The van der Waals surface area contributed by atoms with Gasteiger partial charge in [-0.2, -0.15) is 4.98 Å². The molecule has 0 saturated heterocycles. The van der Waals surface area contributed by atoms with Gasteiger partial charge >= 0.3 is 0 Å². The van der Waals surface area contributed by atoms with E-state index >= 15 is 0 Å². The second-order valence-electron chi connectivity index (χ2n) is 6.63. The fourth-order valence-electron chi connectivity index (χ4n) is 2.87. The molecule has 30 heavy (non-hydrogen) atoms. The Hall–Kier alpha value is -3.45. The number of benzene rings is 2. The summed E-state index contributed by atoms with van der Waals surface area (Å²) < 4.78 is 11.2. The predicted molar refractivity (Wildman–Crippen MR) is 118 cm³/mol. The average molecular weight is 420 g/mol. The van der Waals surface area contributed by atoms with Crippen LogP contribution in [0.4, 0.5) is 5.69 Å². The van der Waals surface area contributed by atoms with Crippen LogP contribution < -0.4 is 10.1 Å². The lowest BCUT2D eigenvalue weighted by Crippen LogP contribution is -2.12. The van der Waals surface area contributed by atoms with E-state index in [1.807, 2.05) is 53.9 Å². The number of hydrogen-bond donors (Lipinski definition) is 1. The molecule has 0 unspecified atom stereocenters. The number of anilines is 1. The number of rotatable bonds is 8. The van der Waals surface area contributed by atoms with E-state index < -0.39 is 0 Å². The molecule has 0 aliphatic carbocycles. The molecule has 1 amide bonds. The largest absolute Gasteiger partial charge is 0.494 e. The molecule has 0 saturated carbocycles. The molecule has 152 valence electrons. The Bertz CT molecular complexity index is 1120. The van der Waals surface area contributed by atoms with Crippen LogP contribution in [0.15, 0.2) is 70.6 Å². The maximum absolute atomic E-state index is 12.8. The molecule has 6 nitrogen and oxygen atoms in total. The third kappa shape index (κ3) is 4.58. The molecule has 2 aromatic carbocycles. The highest BCUT2D eigenvalue weighted by Gasteiger charge is 2.16. The molecule has 2 aromatic heterocycles. The van der Waals surface area contributed by atoms with Crippen LogP contribution in [0.1, 0.15) is 30.1 Å². The molecule has 4 rings (SSSR count). The highest BCUT2D eigenvalue weighted by molar-refractivity contribution is 7.13. The summed E-state index contributed by atoms with van der Waals surface area (Å²) in [7, 11) is 0. The van der Waals surface area contributed by atoms with Crippen LogP contribution in [0.2, 0.25) is 0 Å². The van der Waals surface area contributed by atoms with E-state index in [0.29, 0.717) is 40.9 Å². The number of unbranched alkanes of at least 4 members (excludes halogenated alkanes) is 1. The molecular weight excluding hydrogens is 398 g/mol. The zero-order valence-electron chi connectivity index (χ0n) is 16.5. The minimum Gasteiger partial charge on any atom is -0.494 e. The highest BCUT2D eigenvalue weighted by atomic mass is 32.1. The van der Waals surface area contributed by atoms with Gasteiger partial charge in [-0.05, 0) is 48.2 Å². The van der Waals surface area contributed by atoms with E-state index in [9.17, 15) is 4.79 Å². The van der Waals surface area contributed by atoms with Crippen molar-refractivity contribution >= 4 is 22.9 Å². The predicted octanol–water partition coefficient (Wildman–Crippen LogP) is 5.90.